The van der Waals surface area contributed by atoms with Crippen LogP contribution in [0.4, 0.5) is 5.69 Å². The van der Waals surface area contributed by atoms with Gasteiger partial charge in [-0.3, -0.25) is 14.9 Å². The van der Waals surface area contributed by atoms with E-state index in [-0.39, 0.29) is 35.1 Å². The van der Waals surface area contributed by atoms with Gasteiger partial charge < -0.3 is 10.0 Å². The van der Waals surface area contributed by atoms with E-state index < -0.39 is 4.92 Å². The Morgan fingerprint density at radius 3 is 2.57 bits per heavy atom. The zero-order valence-corrected chi connectivity index (χ0v) is 13.9. The van der Waals surface area contributed by atoms with E-state index in [1.807, 2.05) is 0 Å². The average molecular weight is 341 g/mol. The van der Waals surface area contributed by atoms with E-state index in [1.54, 1.807) is 4.90 Å². The number of halogens is 1. The van der Waals surface area contributed by atoms with Crippen LogP contribution in [0.3, 0.4) is 0 Å². The van der Waals surface area contributed by atoms with E-state index in [4.69, 9.17) is 11.6 Å². The molecule has 126 valence electrons. The molecule has 0 spiro atoms. The maximum Gasteiger partial charge on any atom is 0.270 e. The van der Waals surface area contributed by atoms with Gasteiger partial charge >= 0.3 is 0 Å². The Morgan fingerprint density at radius 2 is 2.09 bits per heavy atom. The Bertz CT molecular complexity index is 592. The zero-order valence-electron chi connectivity index (χ0n) is 13.1. The maximum atomic E-state index is 12.4. The Labute approximate surface area is 140 Å². The van der Waals surface area contributed by atoms with Crippen LogP contribution in [0.25, 0.3) is 0 Å². The number of likely N-dealkylation sites (tertiary alicyclic amines) is 1. The molecule has 7 heteroatoms. The minimum absolute atomic E-state index is 0.0385. The van der Waals surface area contributed by atoms with Gasteiger partial charge in [0.1, 0.15) is 0 Å². The quantitative estimate of drug-likeness (QED) is 0.660. The summed E-state index contributed by atoms with van der Waals surface area (Å²) in [4.78, 5) is 24.4. The molecule has 0 aromatic heterocycles. The molecule has 1 fully saturated rings. The number of nitro benzene ring substituents is 1. The number of benzene rings is 1. The summed E-state index contributed by atoms with van der Waals surface area (Å²) in [5, 5.41) is 20.5. The van der Waals surface area contributed by atoms with Crippen LogP contribution in [-0.2, 0) is 11.2 Å². The SMILES string of the molecule is CCC1(CO)CCN(C(=O)Cc2ccc([N+](=O)[O-])cc2Cl)CC1. The van der Waals surface area contributed by atoms with Gasteiger partial charge in [-0.25, -0.2) is 0 Å². The van der Waals surface area contributed by atoms with Crippen molar-refractivity contribution in [1.82, 2.24) is 4.90 Å². The standard InChI is InChI=1S/C16H21ClN2O4/c1-2-16(11-20)5-7-18(8-6-16)15(21)9-12-3-4-13(19(22)23)10-14(12)17/h3-4,10,20H,2,5-9,11H2,1H3. The number of aliphatic hydroxyl groups excluding tert-OH is 1. The number of nitrogens with zero attached hydrogens (tertiary/aromatic N) is 2. The number of piperidine rings is 1. The van der Waals surface area contributed by atoms with Gasteiger partial charge in [-0.2, -0.15) is 0 Å². The van der Waals surface area contributed by atoms with Gasteiger partial charge in [0, 0.05) is 31.8 Å². The summed E-state index contributed by atoms with van der Waals surface area (Å²) in [6.45, 7) is 3.46. The number of rotatable bonds is 5. The molecule has 23 heavy (non-hydrogen) atoms. The Balaban J connectivity index is 1.99. The predicted molar refractivity (Wildman–Crippen MR) is 87.4 cm³/mol. The number of aliphatic hydroxyl groups is 1. The van der Waals surface area contributed by atoms with Crippen molar-refractivity contribution >= 4 is 23.2 Å². The van der Waals surface area contributed by atoms with E-state index in [0.29, 0.717) is 18.7 Å². The molecule has 2 rings (SSSR count). The number of hydrogen-bond donors (Lipinski definition) is 1. The highest BCUT2D eigenvalue weighted by atomic mass is 35.5. The molecular weight excluding hydrogens is 320 g/mol. The van der Waals surface area contributed by atoms with Crippen molar-refractivity contribution in [3.63, 3.8) is 0 Å². The molecule has 0 unspecified atom stereocenters. The molecule has 1 heterocycles. The lowest BCUT2D eigenvalue weighted by atomic mass is 9.77. The third kappa shape index (κ3) is 4.00. The smallest absolute Gasteiger partial charge is 0.270 e. The summed E-state index contributed by atoms with van der Waals surface area (Å²) in [5.41, 5.74) is 0.443. The fourth-order valence-corrected chi connectivity index (χ4v) is 3.16. The fraction of sp³-hybridized carbons (Fsp3) is 0.562. The molecule has 1 amide bonds. The normalized spacial score (nSPS) is 17.1. The van der Waals surface area contributed by atoms with E-state index in [1.165, 1.54) is 18.2 Å². The summed E-state index contributed by atoms with van der Waals surface area (Å²) < 4.78 is 0. The van der Waals surface area contributed by atoms with Gasteiger partial charge in [-0.1, -0.05) is 24.6 Å². The van der Waals surface area contributed by atoms with Crippen LogP contribution >= 0.6 is 11.6 Å². The van der Waals surface area contributed by atoms with Crippen molar-refractivity contribution in [2.45, 2.75) is 32.6 Å². The summed E-state index contributed by atoms with van der Waals surface area (Å²) >= 11 is 6.04. The molecule has 0 saturated carbocycles. The van der Waals surface area contributed by atoms with Crippen molar-refractivity contribution in [1.29, 1.82) is 0 Å². The molecule has 1 aliphatic heterocycles. The van der Waals surface area contributed by atoms with Gasteiger partial charge in [-0.05, 0) is 30.2 Å². The molecule has 1 aliphatic rings. The second kappa shape index (κ2) is 7.27. The van der Waals surface area contributed by atoms with E-state index in [0.717, 1.165) is 19.3 Å². The minimum Gasteiger partial charge on any atom is -0.396 e. The van der Waals surface area contributed by atoms with Crippen molar-refractivity contribution in [3.8, 4) is 0 Å². The van der Waals surface area contributed by atoms with Gasteiger partial charge in [0.25, 0.3) is 5.69 Å². The third-order valence-electron chi connectivity index (χ3n) is 4.85. The zero-order chi connectivity index (χ0) is 17.0. The van der Waals surface area contributed by atoms with Gasteiger partial charge in [0.2, 0.25) is 5.91 Å². The minimum atomic E-state index is -0.513. The highest BCUT2D eigenvalue weighted by Gasteiger charge is 2.33. The molecule has 1 aromatic rings. The first-order valence-corrected chi connectivity index (χ1v) is 8.10. The number of amides is 1. The molecule has 6 nitrogen and oxygen atoms in total. The molecule has 1 N–H and O–H groups in total. The van der Waals surface area contributed by atoms with Crippen LogP contribution in [0.1, 0.15) is 31.7 Å². The first-order chi connectivity index (χ1) is 10.9. The van der Waals surface area contributed by atoms with Crippen LogP contribution in [0, 0.1) is 15.5 Å². The van der Waals surface area contributed by atoms with Crippen LogP contribution in [-0.4, -0.2) is 40.5 Å². The van der Waals surface area contributed by atoms with E-state index in [2.05, 4.69) is 6.92 Å². The van der Waals surface area contributed by atoms with Crippen molar-refractivity contribution in [2.24, 2.45) is 5.41 Å². The van der Waals surface area contributed by atoms with Crippen molar-refractivity contribution < 1.29 is 14.8 Å². The van der Waals surface area contributed by atoms with Crippen LogP contribution in [0.2, 0.25) is 5.02 Å². The number of carbonyl (C=O) groups is 1. The van der Waals surface area contributed by atoms with Gasteiger partial charge in [-0.15, -0.1) is 0 Å². The molecule has 1 saturated heterocycles. The number of hydrogen-bond acceptors (Lipinski definition) is 4. The topological polar surface area (TPSA) is 83.7 Å². The maximum absolute atomic E-state index is 12.4. The fourth-order valence-electron chi connectivity index (χ4n) is 2.92. The lowest BCUT2D eigenvalue weighted by Crippen LogP contribution is -2.45. The Hall–Kier alpha value is -1.66. The largest absolute Gasteiger partial charge is 0.396 e. The lowest BCUT2D eigenvalue weighted by molar-refractivity contribution is -0.384. The molecule has 0 atom stereocenters. The second-order valence-corrected chi connectivity index (χ2v) is 6.51. The third-order valence-corrected chi connectivity index (χ3v) is 5.20. The van der Waals surface area contributed by atoms with Crippen molar-refractivity contribution in [2.75, 3.05) is 19.7 Å². The summed E-state index contributed by atoms with van der Waals surface area (Å²) in [6.07, 6.45) is 2.62. The highest BCUT2D eigenvalue weighted by molar-refractivity contribution is 6.31. The van der Waals surface area contributed by atoms with Crippen molar-refractivity contribution in [3.05, 3.63) is 38.9 Å². The van der Waals surface area contributed by atoms with Crippen LogP contribution in [0.15, 0.2) is 18.2 Å². The predicted octanol–water partition coefficient (Wildman–Crippen LogP) is 2.80. The molecule has 0 bridgehead atoms. The summed E-state index contributed by atoms with van der Waals surface area (Å²) in [6, 6.07) is 4.17. The molecule has 1 aromatic carbocycles. The molecular formula is C16H21ClN2O4. The number of non-ortho nitro benzene ring substituents is 1. The highest BCUT2D eigenvalue weighted by Crippen LogP contribution is 2.34. The van der Waals surface area contributed by atoms with Gasteiger partial charge in [0.05, 0.1) is 16.4 Å². The first kappa shape index (κ1) is 17.7. The Morgan fingerprint density at radius 1 is 1.43 bits per heavy atom. The lowest BCUT2D eigenvalue weighted by Gasteiger charge is -2.40. The van der Waals surface area contributed by atoms with Crippen LogP contribution in [0.5, 0.6) is 0 Å². The monoisotopic (exact) mass is 340 g/mol. The Kier molecular flexibility index (Phi) is 5.59. The van der Waals surface area contributed by atoms with E-state index in [9.17, 15) is 20.0 Å². The first-order valence-electron chi connectivity index (χ1n) is 7.72. The summed E-state index contributed by atoms with van der Waals surface area (Å²) in [5.74, 6) is -0.0385. The van der Waals surface area contributed by atoms with Crippen LogP contribution < -0.4 is 0 Å². The average Bonchev–Trinajstić information content (AvgIpc) is 2.56. The van der Waals surface area contributed by atoms with Gasteiger partial charge in [0.15, 0.2) is 0 Å². The molecule has 0 aliphatic carbocycles. The molecule has 0 radical (unpaired) electrons. The summed E-state index contributed by atoms with van der Waals surface area (Å²) in [7, 11) is 0. The van der Waals surface area contributed by atoms with E-state index >= 15 is 0 Å². The second-order valence-electron chi connectivity index (χ2n) is 6.10. The number of carbonyl (C=O) groups excluding carboxylic acids is 1. The number of nitro groups is 1.